The molecule has 1 rings (SSSR count). The normalized spacial score (nSPS) is 13.0. The highest BCUT2D eigenvalue weighted by Crippen LogP contribution is 2.20. The molecule has 0 spiro atoms. The van der Waals surface area contributed by atoms with Crippen molar-refractivity contribution >= 4 is 16.8 Å². The minimum absolute atomic E-state index is 0.0569. The van der Waals surface area contributed by atoms with Gasteiger partial charge in [-0.2, -0.15) is 13.2 Å². The van der Waals surface area contributed by atoms with Crippen LogP contribution in [0.5, 0.6) is 0 Å². The second kappa shape index (κ2) is 4.66. The van der Waals surface area contributed by atoms with Crippen LogP contribution in [0.3, 0.4) is 0 Å². The number of alkyl halides is 3. The first kappa shape index (κ1) is 12.0. The van der Waals surface area contributed by atoms with Gasteiger partial charge in [-0.25, -0.2) is 0 Å². The Labute approximate surface area is 90.6 Å². The van der Waals surface area contributed by atoms with E-state index in [1.54, 1.807) is 12.1 Å². The average Bonchev–Trinajstić information content (AvgIpc) is 2.15. The first-order valence-corrected chi connectivity index (χ1v) is 4.60. The van der Waals surface area contributed by atoms with E-state index in [0.29, 0.717) is 5.56 Å². The topological polar surface area (TPSA) is 12.4 Å². The maximum Gasteiger partial charge on any atom is 0.444 e. The second-order valence-electron chi connectivity index (χ2n) is 3.09. The summed E-state index contributed by atoms with van der Waals surface area (Å²) in [5, 5.41) is -1.32. The summed E-state index contributed by atoms with van der Waals surface area (Å²) in [7, 11) is 0. The second-order valence-corrected chi connectivity index (χ2v) is 3.45. The van der Waals surface area contributed by atoms with E-state index in [0.717, 1.165) is 5.56 Å². The van der Waals surface area contributed by atoms with E-state index in [-0.39, 0.29) is 6.54 Å². The molecule has 0 N–H and O–H groups in total. The van der Waals surface area contributed by atoms with Crippen LogP contribution >= 0.6 is 11.6 Å². The molecule has 0 amide bonds. The summed E-state index contributed by atoms with van der Waals surface area (Å²) in [6, 6.07) is 7.07. The van der Waals surface area contributed by atoms with Crippen LogP contribution in [0.1, 0.15) is 11.1 Å². The lowest BCUT2D eigenvalue weighted by Crippen LogP contribution is -2.17. The van der Waals surface area contributed by atoms with E-state index < -0.39 is 11.3 Å². The molecule has 82 valence electrons. The molecule has 0 unspecified atom stereocenters. The SMILES string of the molecule is Cc1ccc(CN=C(Cl)C(F)(F)F)cc1. The molecule has 0 fully saturated rings. The monoisotopic (exact) mass is 235 g/mol. The van der Waals surface area contributed by atoms with Gasteiger partial charge in [0.1, 0.15) is 0 Å². The molecule has 1 nitrogen and oxygen atoms in total. The summed E-state index contributed by atoms with van der Waals surface area (Å²) in [4.78, 5) is 3.25. The molecular formula is C10H9ClF3N. The summed E-state index contributed by atoms with van der Waals surface area (Å²) in [6.07, 6.45) is -4.55. The molecule has 0 aromatic heterocycles. The number of benzene rings is 1. The van der Waals surface area contributed by atoms with Gasteiger partial charge in [0.2, 0.25) is 5.17 Å². The van der Waals surface area contributed by atoms with E-state index in [1.807, 2.05) is 19.1 Å². The number of aryl methyl sites for hydroxylation is 1. The van der Waals surface area contributed by atoms with Crippen molar-refractivity contribution < 1.29 is 13.2 Å². The van der Waals surface area contributed by atoms with Gasteiger partial charge in [-0.1, -0.05) is 41.4 Å². The minimum atomic E-state index is -4.55. The van der Waals surface area contributed by atoms with Crippen LogP contribution in [-0.4, -0.2) is 11.3 Å². The van der Waals surface area contributed by atoms with Crippen LogP contribution in [0, 0.1) is 6.92 Å². The lowest BCUT2D eigenvalue weighted by atomic mass is 10.1. The number of hydrogen-bond acceptors (Lipinski definition) is 1. The summed E-state index contributed by atoms with van der Waals surface area (Å²) in [6.45, 7) is 1.84. The largest absolute Gasteiger partial charge is 0.444 e. The van der Waals surface area contributed by atoms with Crippen LogP contribution in [0.15, 0.2) is 29.3 Å². The molecule has 1 aromatic rings. The van der Waals surface area contributed by atoms with Crippen molar-refractivity contribution in [3.05, 3.63) is 35.4 Å². The van der Waals surface area contributed by atoms with E-state index in [9.17, 15) is 13.2 Å². The van der Waals surface area contributed by atoms with E-state index >= 15 is 0 Å². The minimum Gasteiger partial charge on any atom is -0.265 e. The van der Waals surface area contributed by atoms with Crippen molar-refractivity contribution in [3.8, 4) is 0 Å². The number of aliphatic imine (C=N–C) groups is 1. The van der Waals surface area contributed by atoms with Gasteiger partial charge in [0.05, 0.1) is 6.54 Å². The standard InChI is InChI=1S/C10H9ClF3N/c1-7-2-4-8(5-3-7)6-15-9(11)10(12,13)14/h2-5H,6H2,1H3. The fourth-order valence-corrected chi connectivity index (χ4v) is 1.00. The van der Waals surface area contributed by atoms with Gasteiger partial charge in [0, 0.05) is 0 Å². The molecule has 1 aromatic carbocycles. The van der Waals surface area contributed by atoms with Crippen molar-refractivity contribution in [1.29, 1.82) is 0 Å². The first-order valence-electron chi connectivity index (χ1n) is 4.22. The molecule has 0 radical (unpaired) electrons. The smallest absolute Gasteiger partial charge is 0.265 e. The van der Waals surface area contributed by atoms with E-state index in [2.05, 4.69) is 4.99 Å². The van der Waals surface area contributed by atoms with E-state index in [4.69, 9.17) is 11.6 Å². The molecule has 0 heterocycles. The molecule has 0 aliphatic heterocycles. The lowest BCUT2D eigenvalue weighted by Gasteiger charge is -2.03. The Morgan fingerprint density at radius 3 is 2.27 bits per heavy atom. The Morgan fingerprint density at radius 1 is 1.27 bits per heavy atom. The van der Waals surface area contributed by atoms with Crippen molar-refractivity contribution in [2.75, 3.05) is 0 Å². The molecule has 0 aliphatic carbocycles. The van der Waals surface area contributed by atoms with Crippen LogP contribution in [0.25, 0.3) is 0 Å². The fraction of sp³-hybridized carbons (Fsp3) is 0.300. The highest BCUT2D eigenvalue weighted by atomic mass is 35.5. The average molecular weight is 236 g/mol. The zero-order valence-corrected chi connectivity index (χ0v) is 8.73. The molecular weight excluding hydrogens is 227 g/mol. The van der Waals surface area contributed by atoms with Crippen LogP contribution in [0.4, 0.5) is 13.2 Å². The molecule has 0 saturated carbocycles. The number of halogens is 4. The Hall–Kier alpha value is -1.03. The van der Waals surface area contributed by atoms with Gasteiger partial charge in [-0.3, -0.25) is 4.99 Å². The fourth-order valence-electron chi connectivity index (χ4n) is 0.944. The summed E-state index contributed by atoms with van der Waals surface area (Å²) < 4.78 is 35.9. The molecule has 0 aliphatic rings. The van der Waals surface area contributed by atoms with E-state index in [1.165, 1.54) is 0 Å². The van der Waals surface area contributed by atoms with Gasteiger partial charge in [-0.15, -0.1) is 0 Å². The van der Waals surface area contributed by atoms with Crippen molar-refractivity contribution in [2.24, 2.45) is 4.99 Å². The quantitative estimate of drug-likeness (QED) is 0.693. The van der Waals surface area contributed by atoms with Crippen LogP contribution < -0.4 is 0 Å². The molecule has 0 atom stereocenters. The molecule has 0 saturated heterocycles. The van der Waals surface area contributed by atoms with Crippen molar-refractivity contribution in [1.82, 2.24) is 0 Å². The predicted molar refractivity (Wildman–Crippen MR) is 54.2 cm³/mol. The number of hydrogen-bond donors (Lipinski definition) is 0. The third-order valence-corrected chi connectivity index (χ3v) is 2.09. The van der Waals surface area contributed by atoms with Crippen molar-refractivity contribution in [2.45, 2.75) is 19.6 Å². The molecule has 15 heavy (non-hydrogen) atoms. The Bertz CT molecular complexity index is 354. The predicted octanol–water partition coefficient (Wildman–Crippen LogP) is 3.69. The molecule has 5 heteroatoms. The highest BCUT2D eigenvalue weighted by molar-refractivity contribution is 6.66. The third kappa shape index (κ3) is 3.91. The Kier molecular flexibility index (Phi) is 3.74. The lowest BCUT2D eigenvalue weighted by molar-refractivity contribution is -0.0561. The van der Waals surface area contributed by atoms with Crippen LogP contribution in [0.2, 0.25) is 0 Å². The van der Waals surface area contributed by atoms with Gasteiger partial charge in [0.25, 0.3) is 0 Å². The first-order chi connectivity index (χ1) is 6.89. The van der Waals surface area contributed by atoms with Gasteiger partial charge in [0.15, 0.2) is 0 Å². The molecule has 0 bridgehead atoms. The highest BCUT2D eigenvalue weighted by Gasteiger charge is 2.34. The Balaban J connectivity index is 2.68. The number of rotatable bonds is 2. The van der Waals surface area contributed by atoms with Gasteiger partial charge in [-0.05, 0) is 12.5 Å². The summed E-state index contributed by atoms with van der Waals surface area (Å²) in [5.41, 5.74) is 1.74. The third-order valence-electron chi connectivity index (χ3n) is 1.75. The zero-order valence-electron chi connectivity index (χ0n) is 7.98. The van der Waals surface area contributed by atoms with Crippen LogP contribution in [-0.2, 0) is 6.54 Å². The Morgan fingerprint density at radius 2 is 1.80 bits per heavy atom. The number of nitrogens with zero attached hydrogens (tertiary/aromatic N) is 1. The maximum absolute atomic E-state index is 12.0. The maximum atomic E-state index is 12.0. The summed E-state index contributed by atoms with van der Waals surface area (Å²) >= 11 is 4.96. The zero-order chi connectivity index (χ0) is 11.5. The van der Waals surface area contributed by atoms with Gasteiger partial charge < -0.3 is 0 Å². The van der Waals surface area contributed by atoms with Crippen molar-refractivity contribution in [3.63, 3.8) is 0 Å². The van der Waals surface area contributed by atoms with Gasteiger partial charge >= 0.3 is 6.18 Å². The summed E-state index contributed by atoms with van der Waals surface area (Å²) in [5.74, 6) is 0.